The lowest BCUT2D eigenvalue weighted by Crippen LogP contribution is -2.34. The fourth-order valence-electron chi connectivity index (χ4n) is 6.70. The number of hydrogen-bond donors (Lipinski definition) is 1. The van der Waals surface area contributed by atoms with Crippen LogP contribution in [-0.4, -0.2) is 37.0 Å². The molecule has 1 N–H and O–H groups in total. The van der Waals surface area contributed by atoms with Crippen LogP contribution in [-0.2, 0) is 4.79 Å². The predicted molar refractivity (Wildman–Crippen MR) is 201 cm³/mol. The van der Waals surface area contributed by atoms with E-state index in [9.17, 15) is 9.59 Å². The molecule has 258 valence electrons. The van der Waals surface area contributed by atoms with Crippen LogP contribution in [0.1, 0.15) is 140 Å². The number of rotatable bonds is 21. The summed E-state index contributed by atoms with van der Waals surface area (Å²) in [4.78, 5) is 34.6. The minimum absolute atomic E-state index is 0.170. The monoisotopic (exact) mass is 641 g/mol. The van der Waals surface area contributed by atoms with Crippen LogP contribution in [0.3, 0.4) is 0 Å². The van der Waals surface area contributed by atoms with Crippen molar-refractivity contribution in [2.45, 2.75) is 126 Å². The van der Waals surface area contributed by atoms with Gasteiger partial charge >= 0.3 is 0 Å². The van der Waals surface area contributed by atoms with Gasteiger partial charge in [-0.05, 0) is 73.8 Å². The number of unbranched alkanes of at least 4 members (excludes halogenated alkanes) is 3. The average Bonchev–Trinajstić information content (AvgIpc) is 3.09. The Morgan fingerprint density at radius 1 is 0.766 bits per heavy atom. The lowest BCUT2D eigenvalue weighted by Gasteiger charge is -2.33. The van der Waals surface area contributed by atoms with Crippen LogP contribution in [0.2, 0.25) is 0 Å². The summed E-state index contributed by atoms with van der Waals surface area (Å²) in [5.74, 6) is 1.24. The molecular formula is C42H63N3O2. The first-order valence-corrected chi connectivity index (χ1v) is 18.9. The second-order valence-electron chi connectivity index (χ2n) is 13.8. The Labute approximate surface area is 286 Å². The van der Waals surface area contributed by atoms with E-state index < -0.39 is 0 Å². The summed E-state index contributed by atoms with van der Waals surface area (Å²) in [5, 5.41) is 3.07. The number of anilines is 1. The topological polar surface area (TPSA) is 61.8 Å². The number of ketones is 1. The molecule has 0 heterocycles. The number of allylic oxidation sites excluding steroid dienone is 1. The standard InChI is InChI=1S/C42H63N3O2/c1-8-14-19-32(11-4)28-43-42(47)38-27-40(36-22-17-18-23-37(36)41(38)46)44-39-25-24-35(26-31(39)7)45(29-33(12-5)20-15-9-2)30-34(13-6)21-16-10-3/h17-18,22-27,32-34H,8-16,19-21,28-30H2,1-7H3,(H,43,47). The van der Waals surface area contributed by atoms with Gasteiger partial charge in [0.05, 0.1) is 17.0 Å². The normalized spacial score (nSPS) is 15.6. The third-order valence-corrected chi connectivity index (χ3v) is 10.1. The van der Waals surface area contributed by atoms with Gasteiger partial charge in [-0.3, -0.25) is 9.59 Å². The van der Waals surface area contributed by atoms with Crippen molar-refractivity contribution >= 4 is 28.8 Å². The molecule has 1 aliphatic rings. The summed E-state index contributed by atoms with van der Waals surface area (Å²) >= 11 is 0. The quantitative estimate of drug-likeness (QED) is 0.138. The van der Waals surface area contributed by atoms with Gasteiger partial charge in [-0.15, -0.1) is 0 Å². The lowest BCUT2D eigenvalue weighted by molar-refractivity contribution is -0.117. The van der Waals surface area contributed by atoms with Gasteiger partial charge in [-0.25, -0.2) is 4.99 Å². The molecule has 0 bridgehead atoms. The minimum atomic E-state index is -0.308. The second kappa shape index (κ2) is 20.2. The number of hydrogen-bond acceptors (Lipinski definition) is 4. The summed E-state index contributed by atoms with van der Waals surface area (Å²) in [5.41, 5.74) is 5.37. The smallest absolute Gasteiger partial charge is 0.255 e. The third-order valence-electron chi connectivity index (χ3n) is 10.1. The number of amides is 1. The zero-order valence-electron chi connectivity index (χ0n) is 30.7. The number of fused-ring (bicyclic) bond motifs is 1. The van der Waals surface area contributed by atoms with Crippen molar-refractivity contribution in [2.24, 2.45) is 22.7 Å². The highest BCUT2D eigenvalue weighted by atomic mass is 16.2. The van der Waals surface area contributed by atoms with Crippen LogP contribution >= 0.6 is 0 Å². The van der Waals surface area contributed by atoms with Gasteiger partial charge in [0.15, 0.2) is 5.78 Å². The number of carbonyl (C=O) groups is 2. The number of aryl methyl sites for hydroxylation is 1. The Balaban J connectivity index is 1.94. The Morgan fingerprint density at radius 2 is 1.32 bits per heavy atom. The average molecular weight is 642 g/mol. The van der Waals surface area contributed by atoms with E-state index in [1.807, 2.05) is 24.3 Å². The summed E-state index contributed by atoms with van der Waals surface area (Å²) in [7, 11) is 0. The first kappa shape index (κ1) is 38.2. The Hall–Kier alpha value is -3.21. The van der Waals surface area contributed by atoms with E-state index >= 15 is 0 Å². The first-order valence-electron chi connectivity index (χ1n) is 18.9. The van der Waals surface area contributed by atoms with Crippen molar-refractivity contribution in [3.05, 3.63) is 70.8 Å². The molecule has 0 fully saturated rings. The largest absolute Gasteiger partial charge is 0.371 e. The summed E-state index contributed by atoms with van der Waals surface area (Å²) in [6.45, 7) is 18.5. The number of Topliss-reactive ketones (excluding diaryl/α,β-unsaturated/α-hetero) is 1. The van der Waals surface area contributed by atoms with Crippen molar-refractivity contribution in [1.82, 2.24) is 5.32 Å². The van der Waals surface area contributed by atoms with E-state index in [2.05, 4.69) is 76.9 Å². The number of carbonyl (C=O) groups excluding carboxylic acids is 2. The van der Waals surface area contributed by atoms with Crippen molar-refractivity contribution in [2.75, 3.05) is 24.5 Å². The molecular weight excluding hydrogens is 578 g/mol. The number of benzene rings is 2. The highest BCUT2D eigenvalue weighted by Gasteiger charge is 2.29. The molecule has 5 nitrogen and oxygen atoms in total. The van der Waals surface area contributed by atoms with Gasteiger partial charge in [-0.1, -0.05) is 124 Å². The minimum Gasteiger partial charge on any atom is -0.371 e. The maximum absolute atomic E-state index is 13.5. The molecule has 0 aromatic heterocycles. The van der Waals surface area contributed by atoms with Crippen LogP contribution < -0.4 is 10.2 Å². The predicted octanol–water partition coefficient (Wildman–Crippen LogP) is 10.8. The molecule has 1 aliphatic carbocycles. The van der Waals surface area contributed by atoms with Gasteiger partial charge in [-0.2, -0.15) is 0 Å². The molecule has 3 unspecified atom stereocenters. The molecule has 0 radical (unpaired) electrons. The molecule has 1 amide bonds. The third kappa shape index (κ3) is 11.2. The van der Waals surface area contributed by atoms with Crippen LogP contribution in [0, 0.1) is 24.7 Å². The van der Waals surface area contributed by atoms with Crippen LogP contribution in [0.5, 0.6) is 0 Å². The molecule has 3 atom stereocenters. The van der Waals surface area contributed by atoms with E-state index in [1.54, 1.807) is 6.08 Å². The highest BCUT2D eigenvalue weighted by Crippen LogP contribution is 2.31. The summed E-state index contributed by atoms with van der Waals surface area (Å²) in [6.07, 6.45) is 16.1. The molecule has 0 spiro atoms. The van der Waals surface area contributed by atoms with E-state index in [0.717, 1.165) is 55.6 Å². The maximum atomic E-state index is 13.5. The highest BCUT2D eigenvalue weighted by molar-refractivity contribution is 6.35. The molecule has 0 saturated carbocycles. The second-order valence-corrected chi connectivity index (χ2v) is 13.8. The van der Waals surface area contributed by atoms with Crippen LogP contribution in [0.4, 0.5) is 11.4 Å². The first-order chi connectivity index (χ1) is 22.8. The number of nitrogens with zero attached hydrogens (tertiary/aromatic N) is 2. The number of aliphatic imine (C=N–C) groups is 1. The fraction of sp³-hybridized carbons (Fsp3) is 0.595. The van der Waals surface area contributed by atoms with E-state index in [0.29, 0.717) is 35.6 Å². The lowest BCUT2D eigenvalue weighted by atomic mass is 9.88. The molecule has 0 aliphatic heterocycles. The SMILES string of the molecule is CCCCC(CC)CNC(=O)C1=CC(=Nc2ccc(N(CC(CC)CCCC)CC(CC)CCCC)cc2C)c2ccccc2C1=O. The number of nitrogens with one attached hydrogen (secondary N) is 1. The van der Waals surface area contributed by atoms with E-state index in [1.165, 1.54) is 57.1 Å². The zero-order valence-corrected chi connectivity index (χ0v) is 30.7. The molecule has 2 aromatic carbocycles. The molecule has 3 rings (SSSR count). The molecule has 0 saturated heterocycles. The van der Waals surface area contributed by atoms with Gasteiger partial charge < -0.3 is 10.2 Å². The summed E-state index contributed by atoms with van der Waals surface area (Å²) < 4.78 is 0. The van der Waals surface area contributed by atoms with Gasteiger partial charge in [0, 0.05) is 36.4 Å². The van der Waals surface area contributed by atoms with Crippen molar-refractivity contribution in [3.8, 4) is 0 Å². The van der Waals surface area contributed by atoms with Crippen molar-refractivity contribution in [3.63, 3.8) is 0 Å². The fourth-order valence-corrected chi connectivity index (χ4v) is 6.70. The van der Waals surface area contributed by atoms with E-state index in [-0.39, 0.29) is 17.3 Å². The van der Waals surface area contributed by atoms with Gasteiger partial charge in [0.25, 0.3) is 5.91 Å². The van der Waals surface area contributed by atoms with Gasteiger partial charge in [0.1, 0.15) is 0 Å². The Kier molecular flexibility index (Phi) is 16.5. The van der Waals surface area contributed by atoms with E-state index in [4.69, 9.17) is 4.99 Å². The Bertz CT molecular complexity index is 1330. The molecule has 47 heavy (non-hydrogen) atoms. The maximum Gasteiger partial charge on any atom is 0.255 e. The summed E-state index contributed by atoms with van der Waals surface area (Å²) in [6, 6.07) is 14.2. The van der Waals surface area contributed by atoms with Crippen LogP contribution in [0.15, 0.2) is 59.1 Å². The Morgan fingerprint density at radius 3 is 1.85 bits per heavy atom. The molecule has 5 heteroatoms. The molecule has 2 aromatic rings. The zero-order chi connectivity index (χ0) is 34.2. The van der Waals surface area contributed by atoms with Crippen molar-refractivity contribution < 1.29 is 9.59 Å². The van der Waals surface area contributed by atoms with Gasteiger partial charge in [0.2, 0.25) is 0 Å². The van der Waals surface area contributed by atoms with Crippen molar-refractivity contribution in [1.29, 1.82) is 0 Å². The van der Waals surface area contributed by atoms with Crippen LogP contribution in [0.25, 0.3) is 0 Å².